The number of nitrogens with zero attached hydrogens (tertiary/aromatic N) is 4. The summed E-state index contributed by atoms with van der Waals surface area (Å²) in [5, 5.41) is 9.42. The van der Waals surface area contributed by atoms with Crippen molar-refractivity contribution in [3.05, 3.63) is 47.2 Å². The van der Waals surface area contributed by atoms with Gasteiger partial charge in [0, 0.05) is 49.7 Å². The fourth-order valence-electron chi connectivity index (χ4n) is 3.07. The molecule has 1 N–H and O–H groups in total. The summed E-state index contributed by atoms with van der Waals surface area (Å²) in [5.74, 6) is -0.185. The smallest absolute Gasteiger partial charge is 0.123 e. The van der Waals surface area contributed by atoms with Crippen molar-refractivity contribution >= 4 is 10.9 Å². The number of nitrogens with one attached hydrogen (secondary N) is 1. The molecular formula is C15H16FN5. The van der Waals surface area contributed by atoms with Crippen molar-refractivity contribution in [3.63, 3.8) is 0 Å². The minimum atomic E-state index is -0.185. The molecule has 0 saturated carbocycles. The second-order valence-electron chi connectivity index (χ2n) is 5.56. The van der Waals surface area contributed by atoms with Crippen molar-refractivity contribution < 1.29 is 4.39 Å². The van der Waals surface area contributed by atoms with Crippen LogP contribution in [0.4, 0.5) is 4.39 Å². The molecule has 1 aromatic carbocycles. The van der Waals surface area contributed by atoms with E-state index in [1.807, 2.05) is 13.1 Å². The molecule has 0 radical (unpaired) electrons. The Morgan fingerprint density at radius 3 is 3.10 bits per heavy atom. The van der Waals surface area contributed by atoms with Gasteiger partial charge in [0.1, 0.15) is 5.82 Å². The van der Waals surface area contributed by atoms with Gasteiger partial charge in [0.2, 0.25) is 0 Å². The van der Waals surface area contributed by atoms with Crippen molar-refractivity contribution in [2.75, 3.05) is 6.54 Å². The number of H-pyrrole nitrogens is 1. The molecule has 0 bridgehead atoms. The van der Waals surface area contributed by atoms with Crippen molar-refractivity contribution in [1.82, 2.24) is 24.9 Å². The minimum Gasteiger partial charge on any atom is -0.358 e. The van der Waals surface area contributed by atoms with E-state index in [-0.39, 0.29) is 5.82 Å². The molecular weight excluding hydrogens is 269 g/mol. The summed E-state index contributed by atoms with van der Waals surface area (Å²) in [5.41, 5.74) is 4.42. The molecule has 0 aliphatic carbocycles. The lowest BCUT2D eigenvalue weighted by Gasteiger charge is -2.26. The van der Waals surface area contributed by atoms with Gasteiger partial charge in [-0.15, -0.1) is 0 Å². The largest absolute Gasteiger partial charge is 0.358 e. The molecule has 1 aliphatic rings. The summed E-state index contributed by atoms with van der Waals surface area (Å²) >= 11 is 0. The Labute approximate surface area is 121 Å². The molecule has 108 valence electrons. The Morgan fingerprint density at radius 1 is 1.38 bits per heavy atom. The molecule has 5 nitrogen and oxygen atoms in total. The number of halogens is 1. The highest BCUT2D eigenvalue weighted by Crippen LogP contribution is 2.28. The Balaban J connectivity index is 1.64. The molecule has 0 unspecified atom stereocenters. The number of aromatic amines is 1. The highest BCUT2D eigenvalue weighted by molar-refractivity contribution is 5.84. The van der Waals surface area contributed by atoms with E-state index in [0.717, 1.165) is 42.7 Å². The first-order chi connectivity index (χ1) is 10.2. The third kappa shape index (κ3) is 2.21. The highest BCUT2D eigenvalue weighted by atomic mass is 19.1. The first-order valence-electron chi connectivity index (χ1n) is 7.05. The fraction of sp³-hybridized carbons (Fsp3) is 0.333. The van der Waals surface area contributed by atoms with Gasteiger partial charge in [0.05, 0.1) is 11.9 Å². The van der Waals surface area contributed by atoms with E-state index < -0.39 is 0 Å². The van der Waals surface area contributed by atoms with Crippen LogP contribution in [-0.2, 0) is 26.6 Å². The zero-order chi connectivity index (χ0) is 14.4. The predicted molar refractivity (Wildman–Crippen MR) is 77.1 cm³/mol. The molecule has 0 amide bonds. The molecule has 6 heteroatoms. The molecule has 4 rings (SSSR count). The van der Waals surface area contributed by atoms with Crippen LogP contribution in [0.1, 0.15) is 17.0 Å². The molecule has 0 spiro atoms. The number of hydrogen-bond acceptors (Lipinski definition) is 3. The molecule has 3 heterocycles. The number of hydrogen-bond donors (Lipinski definition) is 1. The predicted octanol–water partition coefficient (Wildman–Crippen LogP) is 1.99. The van der Waals surface area contributed by atoms with Crippen LogP contribution in [0.5, 0.6) is 0 Å². The first kappa shape index (κ1) is 12.5. The van der Waals surface area contributed by atoms with Gasteiger partial charge in [-0.1, -0.05) is 0 Å². The van der Waals surface area contributed by atoms with E-state index in [1.165, 1.54) is 17.3 Å². The number of aromatic nitrogens is 4. The van der Waals surface area contributed by atoms with Gasteiger partial charge in [-0.2, -0.15) is 15.0 Å². The monoisotopic (exact) mass is 285 g/mol. The Bertz CT molecular complexity index is 804. The minimum absolute atomic E-state index is 0.185. The number of benzene rings is 1. The zero-order valence-electron chi connectivity index (χ0n) is 11.8. The highest BCUT2D eigenvalue weighted by Gasteiger charge is 2.21. The Kier molecular flexibility index (Phi) is 2.78. The van der Waals surface area contributed by atoms with Gasteiger partial charge < -0.3 is 4.98 Å². The quantitative estimate of drug-likeness (QED) is 0.783. The molecule has 0 saturated heterocycles. The molecule has 1 aliphatic heterocycles. The van der Waals surface area contributed by atoms with Crippen molar-refractivity contribution in [2.24, 2.45) is 7.05 Å². The lowest BCUT2D eigenvalue weighted by atomic mass is 10.0. The average molecular weight is 285 g/mol. The Hall–Kier alpha value is -2.21. The summed E-state index contributed by atoms with van der Waals surface area (Å²) < 4.78 is 13.5. The molecule has 2 aromatic heterocycles. The summed E-state index contributed by atoms with van der Waals surface area (Å²) in [6.07, 6.45) is 2.75. The SMILES string of the molecule is Cn1ncc(CN2CCc3[nH]c4ccc(F)cc4c3C2)n1. The van der Waals surface area contributed by atoms with Crippen LogP contribution in [0.15, 0.2) is 24.4 Å². The third-order valence-corrected chi connectivity index (χ3v) is 4.05. The van der Waals surface area contributed by atoms with Crippen molar-refractivity contribution in [3.8, 4) is 0 Å². The van der Waals surface area contributed by atoms with Crippen LogP contribution in [0.3, 0.4) is 0 Å². The van der Waals surface area contributed by atoms with Gasteiger partial charge in [-0.3, -0.25) is 4.90 Å². The zero-order valence-corrected chi connectivity index (χ0v) is 11.8. The maximum atomic E-state index is 13.5. The van der Waals surface area contributed by atoms with E-state index in [2.05, 4.69) is 20.1 Å². The standard InChI is InChI=1S/C15H16FN5/c1-20-17-7-11(19-20)8-21-5-4-15-13(9-21)12-6-10(16)2-3-14(12)18-15/h2-3,6-7,18H,4-5,8-9H2,1H3. The van der Waals surface area contributed by atoms with Gasteiger partial charge in [0.15, 0.2) is 0 Å². The first-order valence-corrected chi connectivity index (χ1v) is 7.05. The van der Waals surface area contributed by atoms with Gasteiger partial charge in [0.25, 0.3) is 0 Å². The maximum absolute atomic E-state index is 13.5. The second kappa shape index (κ2) is 4.66. The molecule has 3 aromatic rings. The normalized spacial score (nSPS) is 15.5. The van der Waals surface area contributed by atoms with Crippen LogP contribution in [0.2, 0.25) is 0 Å². The number of rotatable bonds is 2. The summed E-state index contributed by atoms with van der Waals surface area (Å²) in [7, 11) is 1.82. The Morgan fingerprint density at radius 2 is 2.29 bits per heavy atom. The van der Waals surface area contributed by atoms with Crippen LogP contribution < -0.4 is 0 Å². The molecule has 21 heavy (non-hydrogen) atoms. The summed E-state index contributed by atoms with van der Waals surface area (Å²) in [4.78, 5) is 7.31. The lowest BCUT2D eigenvalue weighted by Crippen LogP contribution is -2.30. The van der Waals surface area contributed by atoms with E-state index in [0.29, 0.717) is 0 Å². The number of aryl methyl sites for hydroxylation is 1. The van der Waals surface area contributed by atoms with Gasteiger partial charge in [-0.25, -0.2) is 4.39 Å². The van der Waals surface area contributed by atoms with Crippen LogP contribution in [0.25, 0.3) is 10.9 Å². The fourth-order valence-corrected chi connectivity index (χ4v) is 3.07. The molecule has 0 atom stereocenters. The maximum Gasteiger partial charge on any atom is 0.123 e. The van der Waals surface area contributed by atoms with Gasteiger partial charge in [-0.05, 0) is 23.8 Å². The third-order valence-electron chi connectivity index (χ3n) is 4.05. The lowest BCUT2D eigenvalue weighted by molar-refractivity contribution is 0.242. The second-order valence-corrected chi connectivity index (χ2v) is 5.56. The van der Waals surface area contributed by atoms with Crippen LogP contribution >= 0.6 is 0 Å². The summed E-state index contributed by atoms with van der Waals surface area (Å²) in [6.45, 7) is 2.56. The van der Waals surface area contributed by atoms with Crippen molar-refractivity contribution in [1.29, 1.82) is 0 Å². The van der Waals surface area contributed by atoms with Crippen LogP contribution in [0, 0.1) is 5.82 Å². The average Bonchev–Trinajstić information content (AvgIpc) is 3.02. The van der Waals surface area contributed by atoms with E-state index in [9.17, 15) is 4.39 Å². The number of fused-ring (bicyclic) bond motifs is 3. The van der Waals surface area contributed by atoms with E-state index in [4.69, 9.17) is 0 Å². The van der Waals surface area contributed by atoms with E-state index in [1.54, 1.807) is 17.1 Å². The van der Waals surface area contributed by atoms with E-state index >= 15 is 0 Å². The van der Waals surface area contributed by atoms with Crippen LogP contribution in [-0.4, -0.2) is 31.4 Å². The van der Waals surface area contributed by atoms with Crippen molar-refractivity contribution in [2.45, 2.75) is 19.5 Å². The topological polar surface area (TPSA) is 49.7 Å². The summed E-state index contributed by atoms with van der Waals surface area (Å²) in [6, 6.07) is 4.94. The molecule has 0 fully saturated rings. The van der Waals surface area contributed by atoms with Gasteiger partial charge >= 0.3 is 0 Å².